The SMILES string of the molecule is CN1CCC(c2ccc(F)c(Cl)c2)C1. The van der Waals surface area contributed by atoms with E-state index in [0.717, 1.165) is 25.1 Å². The Bertz CT molecular complexity index is 340. The third-order valence-corrected chi connectivity index (χ3v) is 3.10. The molecule has 1 aromatic carbocycles. The fourth-order valence-corrected chi connectivity index (χ4v) is 2.16. The summed E-state index contributed by atoms with van der Waals surface area (Å²) in [6.07, 6.45) is 1.14. The normalized spacial score (nSPS) is 22.9. The van der Waals surface area contributed by atoms with Gasteiger partial charge in [-0.05, 0) is 43.6 Å². The van der Waals surface area contributed by atoms with Crippen LogP contribution >= 0.6 is 11.6 Å². The molecule has 1 aliphatic rings. The highest BCUT2D eigenvalue weighted by atomic mass is 35.5. The molecule has 0 spiro atoms. The summed E-state index contributed by atoms with van der Waals surface area (Å²) in [7, 11) is 2.10. The Morgan fingerprint density at radius 2 is 2.29 bits per heavy atom. The molecule has 2 rings (SSSR count). The zero-order valence-electron chi connectivity index (χ0n) is 8.13. The molecule has 1 fully saturated rings. The average Bonchev–Trinajstić information content (AvgIpc) is 2.57. The predicted molar refractivity (Wildman–Crippen MR) is 56.3 cm³/mol. The lowest BCUT2D eigenvalue weighted by atomic mass is 9.98. The maximum atomic E-state index is 12.9. The second-order valence-corrected chi connectivity index (χ2v) is 4.33. The van der Waals surface area contributed by atoms with Crippen LogP contribution < -0.4 is 0 Å². The summed E-state index contributed by atoms with van der Waals surface area (Å²) >= 11 is 5.74. The molecule has 1 atom stereocenters. The summed E-state index contributed by atoms with van der Waals surface area (Å²) in [4.78, 5) is 2.28. The molecule has 14 heavy (non-hydrogen) atoms. The van der Waals surface area contributed by atoms with Crippen LogP contribution in [-0.2, 0) is 0 Å². The van der Waals surface area contributed by atoms with E-state index in [4.69, 9.17) is 11.6 Å². The number of halogens is 2. The van der Waals surface area contributed by atoms with Crippen molar-refractivity contribution in [2.45, 2.75) is 12.3 Å². The highest BCUT2D eigenvalue weighted by Crippen LogP contribution is 2.28. The van der Waals surface area contributed by atoms with Gasteiger partial charge in [0.05, 0.1) is 5.02 Å². The van der Waals surface area contributed by atoms with Crippen molar-refractivity contribution in [3.8, 4) is 0 Å². The van der Waals surface area contributed by atoms with Crippen LogP contribution in [0.5, 0.6) is 0 Å². The molecule has 0 amide bonds. The summed E-state index contributed by atoms with van der Waals surface area (Å²) in [5.74, 6) is 0.180. The highest BCUT2D eigenvalue weighted by molar-refractivity contribution is 6.30. The van der Waals surface area contributed by atoms with Gasteiger partial charge in [-0.1, -0.05) is 17.7 Å². The van der Waals surface area contributed by atoms with Gasteiger partial charge in [0.25, 0.3) is 0 Å². The minimum absolute atomic E-state index is 0.233. The van der Waals surface area contributed by atoms with E-state index in [9.17, 15) is 4.39 Å². The molecule has 1 aromatic rings. The molecular formula is C11H13ClFN. The molecule has 0 saturated carbocycles. The number of likely N-dealkylation sites (N-methyl/N-ethyl adjacent to an activating group) is 1. The molecule has 0 bridgehead atoms. The fourth-order valence-electron chi connectivity index (χ4n) is 1.97. The van der Waals surface area contributed by atoms with Gasteiger partial charge in [-0.2, -0.15) is 0 Å². The monoisotopic (exact) mass is 213 g/mol. The molecule has 0 radical (unpaired) electrons. The van der Waals surface area contributed by atoms with Crippen molar-refractivity contribution in [3.63, 3.8) is 0 Å². The van der Waals surface area contributed by atoms with E-state index in [1.165, 1.54) is 6.07 Å². The number of benzene rings is 1. The number of nitrogens with zero attached hydrogens (tertiary/aromatic N) is 1. The van der Waals surface area contributed by atoms with E-state index >= 15 is 0 Å². The van der Waals surface area contributed by atoms with Crippen molar-refractivity contribution in [3.05, 3.63) is 34.6 Å². The first-order valence-electron chi connectivity index (χ1n) is 4.80. The van der Waals surface area contributed by atoms with Gasteiger partial charge in [0.15, 0.2) is 0 Å². The third-order valence-electron chi connectivity index (χ3n) is 2.81. The van der Waals surface area contributed by atoms with Crippen molar-refractivity contribution < 1.29 is 4.39 Å². The highest BCUT2D eigenvalue weighted by Gasteiger charge is 2.21. The Kier molecular flexibility index (Phi) is 2.75. The number of hydrogen-bond donors (Lipinski definition) is 0. The number of rotatable bonds is 1. The van der Waals surface area contributed by atoms with Gasteiger partial charge in [-0.3, -0.25) is 0 Å². The summed E-state index contributed by atoms with van der Waals surface area (Å²) in [6.45, 7) is 2.15. The lowest BCUT2D eigenvalue weighted by Gasteiger charge is -2.11. The van der Waals surface area contributed by atoms with E-state index in [1.807, 2.05) is 6.07 Å². The van der Waals surface area contributed by atoms with E-state index in [1.54, 1.807) is 6.07 Å². The first-order chi connectivity index (χ1) is 6.66. The molecule has 3 heteroatoms. The minimum atomic E-state index is -0.332. The van der Waals surface area contributed by atoms with Crippen LogP contribution in [-0.4, -0.2) is 25.0 Å². The summed E-state index contributed by atoms with van der Waals surface area (Å²) in [6, 6.07) is 5.04. The van der Waals surface area contributed by atoms with Crippen molar-refractivity contribution in [2.24, 2.45) is 0 Å². The van der Waals surface area contributed by atoms with Crippen LogP contribution in [0.1, 0.15) is 17.9 Å². The Balaban J connectivity index is 2.20. The van der Waals surface area contributed by atoms with E-state index in [-0.39, 0.29) is 10.8 Å². The van der Waals surface area contributed by atoms with E-state index < -0.39 is 0 Å². The standard InChI is InChI=1S/C11H13ClFN/c1-14-5-4-9(7-14)8-2-3-11(13)10(12)6-8/h2-3,6,9H,4-5,7H2,1H3. The quantitative estimate of drug-likeness (QED) is 0.694. The zero-order valence-corrected chi connectivity index (χ0v) is 8.89. The molecule has 1 heterocycles. The van der Waals surface area contributed by atoms with Gasteiger partial charge in [0.1, 0.15) is 5.82 Å². The van der Waals surface area contributed by atoms with Gasteiger partial charge < -0.3 is 4.90 Å². The third kappa shape index (κ3) is 1.91. The van der Waals surface area contributed by atoms with Crippen LogP contribution in [0.3, 0.4) is 0 Å². The second kappa shape index (κ2) is 3.87. The lowest BCUT2D eigenvalue weighted by molar-refractivity contribution is 0.411. The topological polar surface area (TPSA) is 3.24 Å². The second-order valence-electron chi connectivity index (χ2n) is 3.92. The largest absolute Gasteiger partial charge is 0.306 e. The van der Waals surface area contributed by atoms with Crippen molar-refractivity contribution >= 4 is 11.6 Å². The van der Waals surface area contributed by atoms with E-state index in [0.29, 0.717) is 5.92 Å². The minimum Gasteiger partial charge on any atom is -0.306 e. The molecule has 76 valence electrons. The molecule has 1 unspecified atom stereocenters. The Labute approximate surface area is 88.5 Å². The summed E-state index contributed by atoms with van der Waals surface area (Å²) in [5.41, 5.74) is 1.15. The average molecular weight is 214 g/mol. The van der Waals surface area contributed by atoms with Gasteiger partial charge in [0.2, 0.25) is 0 Å². The molecule has 0 aromatic heterocycles. The fraction of sp³-hybridized carbons (Fsp3) is 0.455. The number of hydrogen-bond acceptors (Lipinski definition) is 1. The molecular weight excluding hydrogens is 201 g/mol. The Morgan fingerprint density at radius 1 is 1.50 bits per heavy atom. The molecule has 0 aliphatic carbocycles. The predicted octanol–water partition coefficient (Wildman–Crippen LogP) is 2.90. The van der Waals surface area contributed by atoms with Gasteiger partial charge in [-0.25, -0.2) is 4.39 Å². The molecule has 1 saturated heterocycles. The van der Waals surface area contributed by atoms with Crippen LogP contribution in [0.4, 0.5) is 4.39 Å². The first kappa shape index (κ1) is 9.94. The zero-order chi connectivity index (χ0) is 10.1. The van der Waals surface area contributed by atoms with Gasteiger partial charge >= 0.3 is 0 Å². The smallest absolute Gasteiger partial charge is 0.141 e. The van der Waals surface area contributed by atoms with Gasteiger partial charge in [-0.15, -0.1) is 0 Å². The number of likely N-dealkylation sites (tertiary alicyclic amines) is 1. The Hall–Kier alpha value is -0.600. The molecule has 1 nitrogen and oxygen atoms in total. The maximum absolute atomic E-state index is 12.9. The summed E-state index contributed by atoms with van der Waals surface area (Å²) < 4.78 is 12.9. The van der Waals surface area contributed by atoms with Crippen LogP contribution in [0.2, 0.25) is 5.02 Å². The Morgan fingerprint density at radius 3 is 2.86 bits per heavy atom. The van der Waals surface area contributed by atoms with Crippen molar-refractivity contribution in [1.29, 1.82) is 0 Å². The van der Waals surface area contributed by atoms with Crippen molar-refractivity contribution in [2.75, 3.05) is 20.1 Å². The van der Waals surface area contributed by atoms with Gasteiger partial charge in [0, 0.05) is 6.54 Å². The van der Waals surface area contributed by atoms with Crippen LogP contribution in [0.25, 0.3) is 0 Å². The molecule has 0 N–H and O–H groups in total. The summed E-state index contributed by atoms with van der Waals surface area (Å²) in [5, 5.41) is 0.233. The molecule has 1 aliphatic heterocycles. The maximum Gasteiger partial charge on any atom is 0.141 e. The van der Waals surface area contributed by atoms with Crippen LogP contribution in [0.15, 0.2) is 18.2 Å². The van der Waals surface area contributed by atoms with E-state index in [2.05, 4.69) is 11.9 Å². The van der Waals surface area contributed by atoms with Crippen molar-refractivity contribution in [1.82, 2.24) is 4.90 Å². The lowest BCUT2D eigenvalue weighted by Crippen LogP contribution is -2.13. The first-order valence-corrected chi connectivity index (χ1v) is 5.18. The van der Waals surface area contributed by atoms with Crippen LogP contribution in [0, 0.1) is 5.82 Å².